The lowest BCUT2D eigenvalue weighted by Gasteiger charge is -2.09. The summed E-state index contributed by atoms with van der Waals surface area (Å²) >= 11 is 0. The predicted octanol–water partition coefficient (Wildman–Crippen LogP) is 11.2. The van der Waals surface area contributed by atoms with Gasteiger partial charge in [-0.25, -0.2) is 0 Å². The van der Waals surface area contributed by atoms with Crippen LogP contribution in [0.4, 0.5) is 0 Å². The molecule has 2 nitrogen and oxygen atoms in total. The number of para-hydroxylation sites is 3. The van der Waals surface area contributed by atoms with Crippen LogP contribution in [0.1, 0.15) is 4.11 Å². The highest BCUT2D eigenvalue weighted by molar-refractivity contribution is 6.17. The van der Waals surface area contributed by atoms with Gasteiger partial charge in [-0.05, 0) is 82.9 Å². The second kappa shape index (κ2) is 9.86. The minimum atomic E-state index is 0.0508. The minimum absolute atomic E-state index is 0.0508. The molecule has 2 heterocycles. The number of benzene rings is 7. The first-order valence-electron chi connectivity index (χ1n) is 16.4. The second-order valence-corrected chi connectivity index (χ2v) is 11.1. The average Bonchev–Trinajstić information content (AvgIpc) is 3.65. The van der Waals surface area contributed by atoms with E-state index in [0.717, 1.165) is 60.8 Å². The summed E-state index contributed by atoms with van der Waals surface area (Å²) in [7, 11) is 0. The van der Waals surface area contributed by atoms with Crippen molar-refractivity contribution in [1.82, 2.24) is 9.13 Å². The van der Waals surface area contributed by atoms with E-state index in [4.69, 9.17) is 0 Å². The van der Waals surface area contributed by atoms with E-state index in [2.05, 4.69) is 75.9 Å². The van der Waals surface area contributed by atoms with Gasteiger partial charge in [0.05, 0.1) is 26.2 Å². The first-order chi connectivity index (χ1) is 23.1. The number of hydrogen-bond donors (Lipinski definition) is 0. The monoisotopic (exact) mass is 563 g/mol. The van der Waals surface area contributed by atoms with Crippen molar-refractivity contribution in [2.45, 2.75) is 0 Å². The highest BCUT2D eigenvalue weighted by Crippen LogP contribution is 2.41. The molecule has 0 aliphatic carbocycles. The molecule has 7 aromatic carbocycles. The van der Waals surface area contributed by atoms with Gasteiger partial charge in [-0.3, -0.25) is 0 Å². The van der Waals surface area contributed by atoms with Gasteiger partial charge in [-0.15, -0.1) is 0 Å². The van der Waals surface area contributed by atoms with Crippen LogP contribution >= 0.6 is 0 Å². The molecule has 0 radical (unpaired) electrons. The van der Waals surface area contributed by atoms with Crippen molar-refractivity contribution in [1.29, 1.82) is 0 Å². The Morgan fingerprint density at radius 3 is 1.75 bits per heavy atom. The van der Waals surface area contributed by atoms with Crippen molar-refractivity contribution >= 4 is 43.6 Å². The molecule has 0 aliphatic rings. The maximum atomic E-state index is 9.82. The minimum Gasteiger partial charge on any atom is -0.309 e. The van der Waals surface area contributed by atoms with Gasteiger partial charge < -0.3 is 9.13 Å². The smallest absolute Gasteiger partial charge is 0.0645 e. The number of aromatic nitrogens is 2. The first kappa shape index (κ1) is 21.8. The molecule has 0 atom stereocenters. The standard InChI is InChI=1S/C42H28N2/c1-4-13-29(14-5-1)34-20-12-22-41-42(34)37-28-31(24-26-40(37)44(41)33-17-8-3-9-18-33)30-23-25-39-36(27-30)35-19-10-11-21-38(35)43(39)32-15-6-2-7-16-32/h1-28H/i24D,26D,28D. The van der Waals surface area contributed by atoms with E-state index in [1.807, 2.05) is 84.9 Å². The summed E-state index contributed by atoms with van der Waals surface area (Å²) in [6, 6.07) is 51.7. The van der Waals surface area contributed by atoms with Gasteiger partial charge in [-0.1, -0.05) is 109 Å². The van der Waals surface area contributed by atoms with Gasteiger partial charge in [0.1, 0.15) is 0 Å². The molecule has 0 saturated carbocycles. The quantitative estimate of drug-likeness (QED) is 0.202. The highest BCUT2D eigenvalue weighted by Gasteiger charge is 2.18. The third-order valence-electron chi connectivity index (χ3n) is 8.62. The lowest BCUT2D eigenvalue weighted by molar-refractivity contribution is 1.18. The predicted molar refractivity (Wildman–Crippen MR) is 186 cm³/mol. The van der Waals surface area contributed by atoms with Gasteiger partial charge in [0.2, 0.25) is 0 Å². The summed E-state index contributed by atoms with van der Waals surface area (Å²) in [6.07, 6.45) is 0. The molecule has 9 aromatic rings. The van der Waals surface area contributed by atoms with Gasteiger partial charge in [0.25, 0.3) is 0 Å². The van der Waals surface area contributed by atoms with Gasteiger partial charge >= 0.3 is 0 Å². The fraction of sp³-hybridized carbons (Fsp3) is 0. The van der Waals surface area contributed by atoms with E-state index in [0.29, 0.717) is 16.5 Å². The molecule has 206 valence electrons. The van der Waals surface area contributed by atoms with E-state index in [9.17, 15) is 4.11 Å². The zero-order valence-electron chi connectivity index (χ0n) is 26.8. The zero-order valence-corrected chi connectivity index (χ0v) is 23.8. The van der Waals surface area contributed by atoms with Gasteiger partial charge in [0.15, 0.2) is 0 Å². The van der Waals surface area contributed by atoms with Crippen LogP contribution in [-0.2, 0) is 0 Å². The Hall–Kier alpha value is -5.86. The van der Waals surface area contributed by atoms with Crippen LogP contribution in [-0.4, -0.2) is 9.13 Å². The van der Waals surface area contributed by atoms with Crippen LogP contribution in [0, 0.1) is 0 Å². The Labute approximate surface area is 259 Å². The zero-order chi connectivity index (χ0) is 31.6. The van der Waals surface area contributed by atoms with E-state index in [1.165, 1.54) is 0 Å². The van der Waals surface area contributed by atoms with Crippen molar-refractivity contribution in [2.24, 2.45) is 0 Å². The molecule has 9 rings (SSSR count). The first-order valence-corrected chi connectivity index (χ1v) is 14.9. The van der Waals surface area contributed by atoms with Crippen molar-refractivity contribution < 1.29 is 4.11 Å². The normalized spacial score (nSPS) is 12.6. The lowest BCUT2D eigenvalue weighted by Crippen LogP contribution is -1.93. The van der Waals surface area contributed by atoms with Gasteiger partial charge in [0, 0.05) is 32.9 Å². The van der Waals surface area contributed by atoms with Gasteiger partial charge in [-0.2, -0.15) is 0 Å². The molecule has 0 N–H and O–H groups in total. The van der Waals surface area contributed by atoms with Crippen LogP contribution in [0.5, 0.6) is 0 Å². The molecule has 44 heavy (non-hydrogen) atoms. The third-order valence-corrected chi connectivity index (χ3v) is 8.62. The Morgan fingerprint density at radius 2 is 1.00 bits per heavy atom. The molecule has 0 saturated heterocycles. The van der Waals surface area contributed by atoms with Crippen LogP contribution in [0.15, 0.2) is 170 Å². The fourth-order valence-electron chi connectivity index (χ4n) is 6.69. The molecular formula is C42H28N2. The van der Waals surface area contributed by atoms with Crippen LogP contribution in [0.25, 0.3) is 77.2 Å². The summed E-state index contributed by atoms with van der Waals surface area (Å²) in [4.78, 5) is 0. The lowest BCUT2D eigenvalue weighted by atomic mass is 9.97. The molecule has 2 aromatic heterocycles. The molecule has 0 spiro atoms. The summed E-state index contributed by atoms with van der Waals surface area (Å²) in [6.45, 7) is 0. The van der Waals surface area contributed by atoms with Crippen LogP contribution in [0.3, 0.4) is 0 Å². The average molecular weight is 564 g/mol. The Balaban J connectivity index is 1.39. The number of hydrogen-bond acceptors (Lipinski definition) is 0. The van der Waals surface area contributed by atoms with Crippen molar-refractivity contribution in [3.8, 4) is 33.6 Å². The van der Waals surface area contributed by atoms with Crippen molar-refractivity contribution in [3.63, 3.8) is 0 Å². The largest absolute Gasteiger partial charge is 0.309 e. The summed E-state index contributed by atoms with van der Waals surface area (Å²) in [5, 5.41) is 3.75. The number of nitrogens with zero attached hydrogens (tertiary/aromatic N) is 2. The van der Waals surface area contributed by atoms with Crippen molar-refractivity contribution in [2.75, 3.05) is 0 Å². The second-order valence-electron chi connectivity index (χ2n) is 11.1. The summed E-state index contributed by atoms with van der Waals surface area (Å²) in [5.41, 5.74) is 8.88. The Kier molecular flexibility index (Phi) is 4.88. The Bertz CT molecular complexity index is 2640. The Morgan fingerprint density at radius 1 is 0.386 bits per heavy atom. The molecule has 0 amide bonds. The van der Waals surface area contributed by atoms with Crippen LogP contribution < -0.4 is 0 Å². The summed E-state index contributed by atoms with van der Waals surface area (Å²) < 4.78 is 33.0. The van der Waals surface area contributed by atoms with E-state index >= 15 is 0 Å². The van der Waals surface area contributed by atoms with Crippen LogP contribution in [0.2, 0.25) is 0 Å². The molecule has 0 aliphatic heterocycles. The topological polar surface area (TPSA) is 9.86 Å². The molecule has 0 unspecified atom stereocenters. The fourth-order valence-corrected chi connectivity index (χ4v) is 6.69. The van der Waals surface area contributed by atoms with E-state index in [1.54, 1.807) is 0 Å². The molecular weight excluding hydrogens is 532 g/mol. The maximum Gasteiger partial charge on any atom is 0.0645 e. The molecule has 2 heteroatoms. The van der Waals surface area contributed by atoms with Crippen molar-refractivity contribution in [3.05, 3.63) is 170 Å². The highest BCUT2D eigenvalue weighted by atomic mass is 15.0. The SMILES string of the molecule is [2H]c1c(-c2ccc3c(c2)c2ccccc2n3-c2ccccc2)c([2H])c2c3c(-c4ccccc4)cccc3n(-c3ccccc3)c2c1[2H]. The molecule has 0 bridgehead atoms. The van der Waals surface area contributed by atoms with E-state index in [-0.39, 0.29) is 18.1 Å². The number of fused-ring (bicyclic) bond motifs is 6. The summed E-state index contributed by atoms with van der Waals surface area (Å²) in [5.74, 6) is 0. The maximum absolute atomic E-state index is 9.82. The number of rotatable bonds is 4. The third kappa shape index (κ3) is 3.75. The van der Waals surface area contributed by atoms with E-state index < -0.39 is 0 Å². The molecule has 0 fully saturated rings.